The first kappa shape index (κ1) is 12.3. The number of fused-ring (bicyclic) bond motifs is 1. The standard InChI is InChI=1S/C12H16N4O2/c1-3-4-15(7-12(17)18)11-6-9(2)5-10-13-8-14-16(10)11/h5-6,8H,3-4,7H2,1-2H3,(H,17,18). The van der Waals surface area contributed by atoms with Crippen molar-refractivity contribution in [2.24, 2.45) is 0 Å². The van der Waals surface area contributed by atoms with Crippen LogP contribution in [0.3, 0.4) is 0 Å². The van der Waals surface area contributed by atoms with Crippen LogP contribution in [0.25, 0.3) is 5.65 Å². The molecule has 0 bridgehead atoms. The Morgan fingerprint density at radius 2 is 2.28 bits per heavy atom. The predicted molar refractivity (Wildman–Crippen MR) is 67.9 cm³/mol. The zero-order valence-electron chi connectivity index (χ0n) is 10.5. The maximum Gasteiger partial charge on any atom is 0.323 e. The van der Waals surface area contributed by atoms with Gasteiger partial charge in [-0.15, -0.1) is 0 Å². The highest BCUT2D eigenvalue weighted by atomic mass is 16.4. The third-order valence-corrected chi connectivity index (χ3v) is 2.65. The second-order valence-corrected chi connectivity index (χ2v) is 4.24. The third-order valence-electron chi connectivity index (χ3n) is 2.65. The van der Waals surface area contributed by atoms with Gasteiger partial charge in [-0.1, -0.05) is 6.92 Å². The largest absolute Gasteiger partial charge is 0.480 e. The van der Waals surface area contributed by atoms with Crippen molar-refractivity contribution >= 4 is 17.4 Å². The quantitative estimate of drug-likeness (QED) is 0.864. The predicted octanol–water partition coefficient (Wildman–Crippen LogP) is 1.34. The molecule has 18 heavy (non-hydrogen) atoms. The molecule has 6 nitrogen and oxygen atoms in total. The van der Waals surface area contributed by atoms with Gasteiger partial charge < -0.3 is 10.0 Å². The summed E-state index contributed by atoms with van der Waals surface area (Å²) in [5, 5.41) is 13.1. The van der Waals surface area contributed by atoms with Crippen molar-refractivity contribution < 1.29 is 9.90 Å². The number of anilines is 1. The van der Waals surface area contributed by atoms with E-state index in [1.807, 2.05) is 26.0 Å². The minimum absolute atomic E-state index is 0.0355. The number of nitrogens with zero attached hydrogens (tertiary/aromatic N) is 4. The molecule has 0 fully saturated rings. The van der Waals surface area contributed by atoms with Gasteiger partial charge in [0.05, 0.1) is 0 Å². The average Bonchev–Trinajstić information content (AvgIpc) is 2.74. The Kier molecular flexibility index (Phi) is 3.45. The van der Waals surface area contributed by atoms with Crippen LogP contribution in [0.2, 0.25) is 0 Å². The Morgan fingerprint density at radius 1 is 1.50 bits per heavy atom. The number of aryl methyl sites for hydroxylation is 1. The molecule has 2 rings (SSSR count). The number of carbonyl (C=O) groups is 1. The summed E-state index contributed by atoms with van der Waals surface area (Å²) < 4.78 is 1.67. The maximum absolute atomic E-state index is 10.9. The molecule has 96 valence electrons. The second-order valence-electron chi connectivity index (χ2n) is 4.24. The van der Waals surface area contributed by atoms with Crippen molar-refractivity contribution in [3.05, 3.63) is 24.0 Å². The van der Waals surface area contributed by atoms with Gasteiger partial charge >= 0.3 is 5.97 Å². The lowest BCUT2D eigenvalue weighted by molar-refractivity contribution is -0.135. The van der Waals surface area contributed by atoms with Gasteiger partial charge in [0.15, 0.2) is 5.65 Å². The SMILES string of the molecule is CCCN(CC(=O)O)c1cc(C)cc2ncnn12. The first-order chi connectivity index (χ1) is 8.61. The van der Waals surface area contributed by atoms with Gasteiger partial charge in [-0.2, -0.15) is 9.61 Å². The molecule has 0 unspecified atom stereocenters. The van der Waals surface area contributed by atoms with E-state index in [1.165, 1.54) is 6.33 Å². The Hall–Kier alpha value is -2.11. The number of hydrogen-bond acceptors (Lipinski definition) is 4. The molecule has 0 aliphatic carbocycles. The van der Waals surface area contributed by atoms with Crippen LogP contribution in [0.4, 0.5) is 5.82 Å². The summed E-state index contributed by atoms with van der Waals surface area (Å²) in [6.45, 7) is 4.61. The van der Waals surface area contributed by atoms with E-state index >= 15 is 0 Å². The van der Waals surface area contributed by atoms with E-state index in [0.29, 0.717) is 6.54 Å². The maximum atomic E-state index is 10.9. The lowest BCUT2D eigenvalue weighted by atomic mass is 10.2. The lowest BCUT2D eigenvalue weighted by Gasteiger charge is -2.22. The minimum atomic E-state index is -0.849. The van der Waals surface area contributed by atoms with Crippen LogP contribution in [0.15, 0.2) is 18.5 Å². The van der Waals surface area contributed by atoms with E-state index in [0.717, 1.165) is 23.4 Å². The molecule has 2 heterocycles. The fraction of sp³-hybridized carbons (Fsp3) is 0.417. The van der Waals surface area contributed by atoms with Crippen LogP contribution in [0.1, 0.15) is 18.9 Å². The smallest absolute Gasteiger partial charge is 0.323 e. The molecule has 1 N–H and O–H groups in total. The number of carboxylic acids is 1. The van der Waals surface area contributed by atoms with Crippen LogP contribution in [-0.4, -0.2) is 38.8 Å². The van der Waals surface area contributed by atoms with Crippen molar-refractivity contribution in [1.82, 2.24) is 14.6 Å². The highest BCUT2D eigenvalue weighted by molar-refractivity contribution is 5.73. The molecular formula is C12H16N4O2. The molecule has 0 amide bonds. The number of rotatable bonds is 5. The fourth-order valence-electron chi connectivity index (χ4n) is 1.97. The molecule has 0 aliphatic rings. The van der Waals surface area contributed by atoms with E-state index in [9.17, 15) is 4.79 Å². The second kappa shape index (κ2) is 5.03. The number of aliphatic carboxylic acids is 1. The zero-order chi connectivity index (χ0) is 13.1. The van der Waals surface area contributed by atoms with Crippen LogP contribution in [0.5, 0.6) is 0 Å². The van der Waals surface area contributed by atoms with Crippen molar-refractivity contribution in [3.63, 3.8) is 0 Å². The molecule has 0 saturated heterocycles. The van der Waals surface area contributed by atoms with Crippen LogP contribution >= 0.6 is 0 Å². The van der Waals surface area contributed by atoms with Gasteiger partial charge in [0, 0.05) is 6.54 Å². The summed E-state index contributed by atoms with van der Waals surface area (Å²) in [6, 6.07) is 3.85. The molecule has 0 spiro atoms. The molecular weight excluding hydrogens is 232 g/mol. The Labute approximate surface area is 105 Å². The van der Waals surface area contributed by atoms with Crippen LogP contribution < -0.4 is 4.90 Å². The summed E-state index contributed by atoms with van der Waals surface area (Å²) in [6.07, 6.45) is 2.35. The summed E-state index contributed by atoms with van der Waals surface area (Å²) in [5.74, 6) is -0.0787. The average molecular weight is 248 g/mol. The highest BCUT2D eigenvalue weighted by Crippen LogP contribution is 2.18. The molecule has 2 aromatic rings. The molecule has 0 aliphatic heterocycles. The molecule has 2 aromatic heterocycles. The summed E-state index contributed by atoms with van der Waals surface area (Å²) in [5.41, 5.74) is 1.77. The normalized spacial score (nSPS) is 10.8. The van der Waals surface area contributed by atoms with Crippen LogP contribution in [-0.2, 0) is 4.79 Å². The first-order valence-electron chi connectivity index (χ1n) is 5.89. The van der Waals surface area contributed by atoms with Crippen molar-refractivity contribution in [1.29, 1.82) is 0 Å². The monoisotopic (exact) mass is 248 g/mol. The number of pyridine rings is 1. The van der Waals surface area contributed by atoms with Gasteiger partial charge in [0.2, 0.25) is 0 Å². The van der Waals surface area contributed by atoms with Gasteiger partial charge in [0.1, 0.15) is 18.7 Å². The first-order valence-corrected chi connectivity index (χ1v) is 5.89. The lowest BCUT2D eigenvalue weighted by Crippen LogP contribution is -2.32. The van der Waals surface area contributed by atoms with E-state index in [2.05, 4.69) is 10.1 Å². The van der Waals surface area contributed by atoms with Gasteiger partial charge in [-0.05, 0) is 31.0 Å². The number of carboxylic acid groups (broad SMARTS) is 1. The fourth-order valence-corrected chi connectivity index (χ4v) is 1.97. The highest BCUT2D eigenvalue weighted by Gasteiger charge is 2.14. The minimum Gasteiger partial charge on any atom is -0.480 e. The summed E-state index contributed by atoms with van der Waals surface area (Å²) in [7, 11) is 0. The van der Waals surface area contributed by atoms with E-state index in [4.69, 9.17) is 5.11 Å². The molecule has 0 atom stereocenters. The van der Waals surface area contributed by atoms with Crippen molar-refractivity contribution in [2.45, 2.75) is 20.3 Å². The Morgan fingerprint density at radius 3 is 2.94 bits per heavy atom. The topological polar surface area (TPSA) is 70.7 Å². The zero-order valence-corrected chi connectivity index (χ0v) is 10.5. The van der Waals surface area contributed by atoms with Crippen LogP contribution in [0, 0.1) is 6.92 Å². The van der Waals surface area contributed by atoms with Gasteiger partial charge in [-0.3, -0.25) is 4.79 Å². The van der Waals surface area contributed by atoms with E-state index < -0.39 is 5.97 Å². The third kappa shape index (κ3) is 2.42. The Bertz CT molecular complexity index is 564. The van der Waals surface area contributed by atoms with Crippen molar-refractivity contribution in [3.8, 4) is 0 Å². The number of aromatic nitrogens is 3. The molecule has 0 saturated carbocycles. The molecule has 0 aromatic carbocycles. The molecule has 0 radical (unpaired) electrons. The van der Waals surface area contributed by atoms with Gasteiger partial charge in [0.25, 0.3) is 0 Å². The number of hydrogen-bond donors (Lipinski definition) is 1. The summed E-state index contributed by atoms with van der Waals surface area (Å²) in [4.78, 5) is 16.9. The van der Waals surface area contributed by atoms with E-state index in [1.54, 1.807) is 9.42 Å². The summed E-state index contributed by atoms with van der Waals surface area (Å²) >= 11 is 0. The van der Waals surface area contributed by atoms with E-state index in [-0.39, 0.29) is 6.54 Å². The molecule has 6 heteroatoms. The Balaban J connectivity index is 2.48. The van der Waals surface area contributed by atoms with Crippen molar-refractivity contribution in [2.75, 3.05) is 18.0 Å². The van der Waals surface area contributed by atoms with Gasteiger partial charge in [-0.25, -0.2) is 4.98 Å².